The first-order chi connectivity index (χ1) is 8.63. The van der Waals surface area contributed by atoms with Crippen molar-refractivity contribution < 1.29 is 9.90 Å². The van der Waals surface area contributed by atoms with E-state index >= 15 is 0 Å². The predicted octanol–water partition coefficient (Wildman–Crippen LogP) is 3.65. The van der Waals surface area contributed by atoms with Gasteiger partial charge in [-0.15, -0.1) is 0 Å². The van der Waals surface area contributed by atoms with Crippen molar-refractivity contribution in [3.8, 4) is 6.07 Å². The maximum absolute atomic E-state index is 10.8. The van der Waals surface area contributed by atoms with E-state index in [4.69, 9.17) is 10.4 Å². The van der Waals surface area contributed by atoms with Gasteiger partial charge in [0.1, 0.15) is 0 Å². The molecule has 0 atom stereocenters. The molecule has 3 heteroatoms. The van der Waals surface area contributed by atoms with Crippen molar-refractivity contribution >= 4 is 11.5 Å². The van der Waals surface area contributed by atoms with Gasteiger partial charge in [-0.25, -0.2) is 4.79 Å². The third kappa shape index (κ3) is 3.08. The Bertz CT molecular complexity index is 531. The normalized spacial score (nSPS) is 12.1. The molecule has 0 aromatic heterocycles. The molecule has 0 saturated carbocycles. The van der Waals surface area contributed by atoms with E-state index in [0.717, 1.165) is 11.1 Å². The molecule has 0 heterocycles. The van der Waals surface area contributed by atoms with E-state index in [2.05, 4.69) is 6.07 Å². The van der Waals surface area contributed by atoms with Crippen molar-refractivity contribution in [1.82, 2.24) is 0 Å². The highest BCUT2D eigenvalue weighted by atomic mass is 16.4. The molecule has 1 N–H and O–H groups in total. The van der Waals surface area contributed by atoms with E-state index in [-0.39, 0.29) is 5.56 Å². The van der Waals surface area contributed by atoms with Crippen molar-refractivity contribution in [2.24, 2.45) is 0 Å². The summed E-state index contributed by atoms with van der Waals surface area (Å²) in [5.41, 5.74) is 2.64. The molecule has 0 bridgehead atoms. The summed E-state index contributed by atoms with van der Waals surface area (Å²) in [6, 6.07) is 8.74. The third-order valence-corrected chi connectivity index (χ3v) is 2.59. The number of carbonyl (C=O) groups is 1. The number of nitriles is 1. The van der Waals surface area contributed by atoms with Gasteiger partial charge in [0.15, 0.2) is 0 Å². The molecule has 0 aliphatic heterocycles. The van der Waals surface area contributed by atoms with Crippen LogP contribution in [0, 0.1) is 11.3 Å². The van der Waals surface area contributed by atoms with Gasteiger partial charge in [0.2, 0.25) is 0 Å². The highest BCUT2D eigenvalue weighted by Crippen LogP contribution is 2.22. The minimum Gasteiger partial charge on any atom is -0.478 e. The quantitative estimate of drug-likeness (QED) is 0.646. The van der Waals surface area contributed by atoms with Gasteiger partial charge in [0, 0.05) is 5.57 Å². The van der Waals surface area contributed by atoms with Crippen LogP contribution in [0.4, 0.5) is 0 Å². The smallest absolute Gasteiger partial charge is 0.335 e. The van der Waals surface area contributed by atoms with Crippen LogP contribution in [-0.4, -0.2) is 11.1 Å². The van der Waals surface area contributed by atoms with Crippen molar-refractivity contribution in [3.63, 3.8) is 0 Å². The van der Waals surface area contributed by atoms with Crippen LogP contribution in [0.25, 0.3) is 5.57 Å². The van der Waals surface area contributed by atoms with Crippen LogP contribution in [0.2, 0.25) is 0 Å². The fourth-order valence-electron chi connectivity index (χ4n) is 1.66. The molecule has 0 aliphatic carbocycles. The molecule has 1 aromatic rings. The summed E-state index contributed by atoms with van der Waals surface area (Å²) in [5.74, 6) is -0.950. The maximum Gasteiger partial charge on any atom is 0.335 e. The number of carboxylic acid groups (broad SMARTS) is 1. The van der Waals surface area contributed by atoms with Gasteiger partial charge in [-0.05, 0) is 36.6 Å². The maximum atomic E-state index is 10.8. The molecule has 0 fully saturated rings. The monoisotopic (exact) mass is 241 g/mol. The average molecular weight is 241 g/mol. The Morgan fingerprint density at radius 1 is 1.33 bits per heavy atom. The summed E-state index contributed by atoms with van der Waals surface area (Å²) in [5, 5.41) is 17.9. The number of nitrogens with zero attached hydrogens (tertiary/aromatic N) is 1. The van der Waals surface area contributed by atoms with E-state index in [1.54, 1.807) is 24.3 Å². The van der Waals surface area contributed by atoms with Crippen LogP contribution in [-0.2, 0) is 0 Å². The van der Waals surface area contributed by atoms with Crippen LogP contribution in [0.15, 0.2) is 42.0 Å². The van der Waals surface area contributed by atoms with Crippen molar-refractivity contribution in [3.05, 3.63) is 53.1 Å². The SMILES string of the molecule is C/C=C\C(=C(\C#N)CC)c1ccc(C(=O)O)cc1. The van der Waals surface area contributed by atoms with Gasteiger partial charge in [-0.3, -0.25) is 0 Å². The molecule has 1 rings (SSSR count). The lowest BCUT2D eigenvalue weighted by Crippen LogP contribution is -1.96. The predicted molar refractivity (Wildman–Crippen MR) is 71.0 cm³/mol. The first kappa shape index (κ1) is 13.7. The largest absolute Gasteiger partial charge is 0.478 e. The van der Waals surface area contributed by atoms with E-state index in [9.17, 15) is 4.79 Å². The summed E-state index contributed by atoms with van der Waals surface area (Å²) in [6.07, 6.45) is 4.39. The first-order valence-electron chi connectivity index (χ1n) is 5.73. The fourth-order valence-corrected chi connectivity index (χ4v) is 1.66. The highest BCUT2D eigenvalue weighted by Gasteiger charge is 2.07. The second kappa shape index (κ2) is 6.41. The highest BCUT2D eigenvalue weighted by molar-refractivity contribution is 5.88. The van der Waals surface area contributed by atoms with Gasteiger partial charge >= 0.3 is 5.97 Å². The van der Waals surface area contributed by atoms with Crippen LogP contribution in [0.1, 0.15) is 36.2 Å². The van der Waals surface area contributed by atoms with E-state index in [0.29, 0.717) is 12.0 Å². The van der Waals surface area contributed by atoms with Crippen LogP contribution in [0.3, 0.4) is 0 Å². The molecule has 0 spiro atoms. The molecule has 0 aliphatic rings. The summed E-state index contributed by atoms with van der Waals surface area (Å²) in [4.78, 5) is 10.8. The molecular formula is C15H15NO2. The zero-order chi connectivity index (χ0) is 13.5. The minimum atomic E-state index is -0.950. The first-order valence-corrected chi connectivity index (χ1v) is 5.73. The lowest BCUT2D eigenvalue weighted by atomic mass is 9.97. The molecule has 92 valence electrons. The number of rotatable bonds is 4. The van der Waals surface area contributed by atoms with E-state index in [1.807, 2.05) is 26.0 Å². The van der Waals surface area contributed by atoms with Crippen LogP contribution >= 0.6 is 0 Å². The molecule has 0 radical (unpaired) electrons. The fraction of sp³-hybridized carbons (Fsp3) is 0.200. The zero-order valence-electron chi connectivity index (χ0n) is 10.5. The Kier molecular flexibility index (Phi) is 4.89. The summed E-state index contributed by atoms with van der Waals surface area (Å²) in [6.45, 7) is 3.81. The molecule has 0 amide bonds. The number of benzene rings is 1. The van der Waals surface area contributed by atoms with Gasteiger partial charge < -0.3 is 5.11 Å². The summed E-state index contributed by atoms with van der Waals surface area (Å²) >= 11 is 0. The van der Waals surface area contributed by atoms with Crippen molar-refractivity contribution in [1.29, 1.82) is 5.26 Å². The molecule has 0 unspecified atom stereocenters. The van der Waals surface area contributed by atoms with E-state index in [1.165, 1.54) is 0 Å². The lowest BCUT2D eigenvalue weighted by Gasteiger charge is -2.06. The van der Waals surface area contributed by atoms with Gasteiger partial charge in [-0.2, -0.15) is 5.26 Å². The zero-order valence-corrected chi connectivity index (χ0v) is 10.5. The number of hydrogen-bond donors (Lipinski definition) is 1. The van der Waals surface area contributed by atoms with Crippen molar-refractivity contribution in [2.45, 2.75) is 20.3 Å². The Morgan fingerprint density at radius 3 is 2.28 bits per heavy atom. The van der Waals surface area contributed by atoms with Gasteiger partial charge in [0.05, 0.1) is 11.6 Å². The Balaban J connectivity index is 3.28. The van der Waals surface area contributed by atoms with E-state index < -0.39 is 5.97 Å². The molecule has 3 nitrogen and oxygen atoms in total. The number of allylic oxidation sites excluding steroid dienone is 4. The molecular weight excluding hydrogens is 226 g/mol. The number of hydrogen-bond acceptors (Lipinski definition) is 2. The Labute approximate surface area is 107 Å². The second-order valence-electron chi connectivity index (χ2n) is 3.74. The Hall–Kier alpha value is -2.34. The molecule has 18 heavy (non-hydrogen) atoms. The third-order valence-electron chi connectivity index (χ3n) is 2.59. The minimum absolute atomic E-state index is 0.244. The lowest BCUT2D eigenvalue weighted by molar-refractivity contribution is 0.0697. The Morgan fingerprint density at radius 2 is 1.89 bits per heavy atom. The molecule has 0 saturated heterocycles. The van der Waals surface area contributed by atoms with Crippen molar-refractivity contribution in [2.75, 3.05) is 0 Å². The topological polar surface area (TPSA) is 61.1 Å². The number of aromatic carboxylic acids is 1. The summed E-state index contributed by atoms with van der Waals surface area (Å²) < 4.78 is 0. The standard InChI is InChI=1S/C15H15NO2/c1-3-5-14(11(4-2)10-16)12-6-8-13(9-7-12)15(17)18/h3,5-9H,4H2,1-2H3,(H,17,18)/b5-3-,14-11-. The summed E-state index contributed by atoms with van der Waals surface area (Å²) in [7, 11) is 0. The van der Waals surface area contributed by atoms with Crippen LogP contribution in [0.5, 0.6) is 0 Å². The second-order valence-corrected chi connectivity index (χ2v) is 3.74. The number of carboxylic acids is 1. The van der Waals surface area contributed by atoms with Crippen LogP contribution < -0.4 is 0 Å². The van der Waals surface area contributed by atoms with Gasteiger partial charge in [-0.1, -0.05) is 31.2 Å². The average Bonchev–Trinajstić information content (AvgIpc) is 2.39. The molecule has 1 aromatic carbocycles. The van der Waals surface area contributed by atoms with Gasteiger partial charge in [0.25, 0.3) is 0 Å².